The molecule has 0 aromatic heterocycles. The van der Waals surface area contributed by atoms with Gasteiger partial charge in [-0.1, -0.05) is 0 Å². The summed E-state index contributed by atoms with van der Waals surface area (Å²) in [5, 5.41) is 0. The number of nitrogens with zero attached hydrogens (tertiary/aromatic N) is 1. The Morgan fingerprint density at radius 3 is 2.12 bits per heavy atom. The van der Waals surface area contributed by atoms with E-state index in [0.29, 0.717) is 13.1 Å². The average molecular weight is 269 g/mol. The van der Waals surface area contributed by atoms with Crippen LogP contribution in [-0.4, -0.2) is 65.8 Å². The molecule has 0 unspecified atom stereocenters. The van der Waals surface area contributed by atoms with Gasteiger partial charge in [0.15, 0.2) is 6.29 Å². The van der Waals surface area contributed by atoms with Crippen LogP contribution in [0.4, 0.5) is 0 Å². The summed E-state index contributed by atoms with van der Waals surface area (Å²) in [6, 6.07) is 0. The highest BCUT2D eigenvalue weighted by molar-refractivity contribution is 7.86. The summed E-state index contributed by atoms with van der Waals surface area (Å²) in [5.74, 6) is -0.0399. The Morgan fingerprint density at radius 2 is 1.71 bits per heavy atom. The fraction of sp³-hybridized carbons (Fsp3) is 1.00. The van der Waals surface area contributed by atoms with Gasteiger partial charge in [0.05, 0.1) is 11.9 Å². The van der Waals surface area contributed by atoms with E-state index in [1.807, 2.05) is 4.90 Å². The monoisotopic (exact) mass is 269 g/mol. The Balaban J connectivity index is 4.02. The number of rotatable bonds is 9. The first kappa shape index (κ1) is 16.8. The molecule has 0 aliphatic rings. The summed E-state index contributed by atoms with van der Waals surface area (Å²) in [5.41, 5.74) is 0. The molecule has 0 aromatic carbocycles. The second kappa shape index (κ2) is 7.99. The number of hydrogen-bond acceptors (Lipinski definition) is 6. The summed E-state index contributed by atoms with van der Waals surface area (Å²) in [4.78, 5) is 1.82. The predicted octanol–water partition coefficient (Wildman–Crippen LogP) is 0.292. The second-order valence-electron chi connectivity index (χ2n) is 4.07. The van der Waals surface area contributed by atoms with E-state index in [0.717, 1.165) is 0 Å². The van der Waals surface area contributed by atoms with Crippen molar-refractivity contribution in [1.82, 2.24) is 4.90 Å². The number of methoxy groups -OCH3 is 2. The summed E-state index contributed by atoms with van der Waals surface area (Å²) < 4.78 is 37.8. The van der Waals surface area contributed by atoms with Crippen LogP contribution in [0.5, 0.6) is 0 Å². The van der Waals surface area contributed by atoms with Crippen molar-refractivity contribution in [1.29, 1.82) is 0 Å². The molecule has 0 saturated carbocycles. The van der Waals surface area contributed by atoms with Crippen LogP contribution in [0.25, 0.3) is 0 Å². The van der Waals surface area contributed by atoms with E-state index < -0.39 is 10.1 Å². The molecule has 0 radical (unpaired) electrons. The van der Waals surface area contributed by atoms with Crippen molar-refractivity contribution in [2.75, 3.05) is 40.1 Å². The van der Waals surface area contributed by atoms with Crippen molar-refractivity contribution in [3.05, 3.63) is 0 Å². The lowest BCUT2D eigenvalue weighted by molar-refractivity contribution is -0.113. The Hall–Kier alpha value is -0.210. The minimum Gasteiger partial charge on any atom is -0.355 e. The van der Waals surface area contributed by atoms with Crippen LogP contribution in [0.3, 0.4) is 0 Å². The highest BCUT2D eigenvalue weighted by atomic mass is 32.2. The molecule has 0 aliphatic heterocycles. The van der Waals surface area contributed by atoms with Crippen molar-refractivity contribution >= 4 is 10.1 Å². The Kier molecular flexibility index (Phi) is 7.89. The zero-order chi connectivity index (χ0) is 13.5. The van der Waals surface area contributed by atoms with E-state index in [1.165, 1.54) is 0 Å². The van der Waals surface area contributed by atoms with Crippen molar-refractivity contribution in [2.24, 2.45) is 0 Å². The van der Waals surface area contributed by atoms with Gasteiger partial charge in [-0.05, 0) is 20.9 Å². The minimum atomic E-state index is -3.45. The summed E-state index contributed by atoms with van der Waals surface area (Å²) in [6.07, 6.45) is -0.676. The third-order valence-corrected chi connectivity index (χ3v) is 3.41. The van der Waals surface area contributed by atoms with Crippen LogP contribution in [0.2, 0.25) is 0 Å². The molecule has 0 bridgehead atoms. The first-order valence-electron chi connectivity index (χ1n) is 5.45. The lowest BCUT2D eigenvalue weighted by Crippen LogP contribution is -2.35. The lowest BCUT2D eigenvalue weighted by atomic mass is 10.5. The topological polar surface area (TPSA) is 65.1 Å². The largest absolute Gasteiger partial charge is 0.355 e. The first-order chi connectivity index (χ1) is 7.80. The third kappa shape index (κ3) is 8.50. The van der Waals surface area contributed by atoms with E-state index in [1.54, 1.807) is 35.1 Å². The molecular formula is C10H23NO5S. The third-order valence-electron chi connectivity index (χ3n) is 2.05. The highest BCUT2D eigenvalue weighted by Crippen LogP contribution is 2.01. The lowest BCUT2D eigenvalue weighted by Gasteiger charge is -2.21. The van der Waals surface area contributed by atoms with Gasteiger partial charge >= 0.3 is 0 Å². The van der Waals surface area contributed by atoms with Gasteiger partial charge in [-0.25, -0.2) is 0 Å². The zero-order valence-electron chi connectivity index (χ0n) is 11.2. The standard InChI is InChI=1S/C10H23NO5S/c1-9(2)16-17(12,13)7-6-11(3)8-10(14-4)15-5/h9-10H,6-8H2,1-5H3. The SMILES string of the molecule is COC(CN(C)CCS(=O)(=O)OC(C)C)OC. The van der Waals surface area contributed by atoms with Crippen LogP contribution < -0.4 is 0 Å². The molecule has 0 fully saturated rings. The molecule has 0 saturated heterocycles. The van der Waals surface area contributed by atoms with E-state index in [9.17, 15) is 8.42 Å². The maximum absolute atomic E-state index is 11.5. The normalized spacial score (nSPS) is 12.9. The van der Waals surface area contributed by atoms with Crippen molar-refractivity contribution in [3.8, 4) is 0 Å². The van der Waals surface area contributed by atoms with Gasteiger partial charge in [0.1, 0.15) is 0 Å². The van der Waals surface area contributed by atoms with Gasteiger partial charge in [0, 0.05) is 27.3 Å². The maximum atomic E-state index is 11.5. The van der Waals surface area contributed by atoms with Gasteiger partial charge in [0.25, 0.3) is 10.1 Å². The predicted molar refractivity (Wildman–Crippen MR) is 65.3 cm³/mol. The summed E-state index contributed by atoms with van der Waals surface area (Å²) >= 11 is 0. The fourth-order valence-electron chi connectivity index (χ4n) is 1.20. The van der Waals surface area contributed by atoms with Gasteiger partial charge in [-0.2, -0.15) is 8.42 Å². The molecule has 0 aliphatic carbocycles. The molecule has 104 valence electrons. The van der Waals surface area contributed by atoms with E-state index >= 15 is 0 Å². The molecule has 0 aromatic rings. The number of ether oxygens (including phenoxy) is 2. The molecule has 0 rings (SSSR count). The van der Waals surface area contributed by atoms with E-state index in [4.69, 9.17) is 13.7 Å². The quantitative estimate of drug-likeness (QED) is 0.443. The second-order valence-corrected chi connectivity index (χ2v) is 5.79. The van der Waals surface area contributed by atoms with Gasteiger partial charge in [-0.3, -0.25) is 4.18 Å². The molecule has 0 atom stereocenters. The molecule has 17 heavy (non-hydrogen) atoms. The van der Waals surface area contributed by atoms with Crippen LogP contribution in [0.1, 0.15) is 13.8 Å². The van der Waals surface area contributed by atoms with Gasteiger partial charge in [-0.15, -0.1) is 0 Å². The molecule has 0 N–H and O–H groups in total. The number of likely N-dealkylation sites (N-methyl/N-ethyl adjacent to an activating group) is 1. The molecular weight excluding hydrogens is 246 g/mol. The van der Waals surface area contributed by atoms with Crippen LogP contribution >= 0.6 is 0 Å². The molecule has 0 amide bonds. The van der Waals surface area contributed by atoms with E-state index in [-0.39, 0.29) is 18.1 Å². The Labute approximate surface area is 104 Å². The molecule has 6 nitrogen and oxygen atoms in total. The van der Waals surface area contributed by atoms with Gasteiger partial charge < -0.3 is 14.4 Å². The van der Waals surface area contributed by atoms with Crippen LogP contribution in [0.15, 0.2) is 0 Å². The zero-order valence-corrected chi connectivity index (χ0v) is 12.0. The summed E-state index contributed by atoms with van der Waals surface area (Å²) in [6.45, 7) is 4.25. The highest BCUT2D eigenvalue weighted by Gasteiger charge is 2.16. The van der Waals surface area contributed by atoms with E-state index in [2.05, 4.69) is 0 Å². The minimum absolute atomic E-state index is 0.0399. The Bertz CT molecular complexity index is 287. The Morgan fingerprint density at radius 1 is 1.18 bits per heavy atom. The van der Waals surface area contributed by atoms with Crippen molar-refractivity contribution in [3.63, 3.8) is 0 Å². The molecule has 7 heteroatoms. The van der Waals surface area contributed by atoms with Crippen molar-refractivity contribution < 1.29 is 22.1 Å². The van der Waals surface area contributed by atoms with Crippen LogP contribution in [0, 0.1) is 0 Å². The average Bonchev–Trinajstić information content (AvgIpc) is 2.21. The molecule has 0 heterocycles. The fourth-order valence-corrected chi connectivity index (χ4v) is 2.42. The van der Waals surface area contributed by atoms with Crippen molar-refractivity contribution in [2.45, 2.75) is 26.2 Å². The summed E-state index contributed by atoms with van der Waals surface area (Å²) in [7, 11) is 1.44. The smallest absolute Gasteiger partial charge is 0.268 e. The van der Waals surface area contributed by atoms with Gasteiger partial charge in [0.2, 0.25) is 0 Å². The molecule has 0 spiro atoms. The number of hydrogen-bond donors (Lipinski definition) is 0. The maximum Gasteiger partial charge on any atom is 0.268 e. The van der Waals surface area contributed by atoms with Crippen LogP contribution in [-0.2, 0) is 23.8 Å². The first-order valence-corrected chi connectivity index (χ1v) is 7.03.